The Labute approximate surface area is 179 Å². The van der Waals surface area contributed by atoms with Crippen molar-refractivity contribution in [2.45, 2.75) is 11.8 Å². The van der Waals surface area contributed by atoms with Crippen LogP contribution in [0.4, 0.5) is 11.4 Å². The van der Waals surface area contributed by atoms with E-state index in [1.54, 1.807) is 18.2 Å². The van der Waals surface area contributed by atoms with E-state index < -0.39 is 27.6 Å². The van der Waals surface area contributed by atoms with Gasteiger partial charge < -0.3 is 15.2 Å². The minimum Gasteiger partial charge on any atom is -0.505 e. The van der Waals surface area contributed by atoms with Crippen LogP contribution in [0, 0.1) is 6.92 Å². The zero-order chi connectivity index (χ0) is 22.6. The molecule has 3 N–H and O–H groups in total. The average molecular weight is 440 g/mol. The van der Waals surface area contributed by atoms with Gasteiger partial charge >= 0.3 is 5.97 Å². The monoisotopic (exact) mass is 440 g/mol. The van der Waals surface area contributed by atoms with Gasteiger partial charge in [-0.2, -0.15) is 0 Å². The minimum absolute atomic E-state index is 0.0148. The van der Waals surface area contributed by atoms with Crippen LogP contribution >= 0.6 is 0 Å². The molecule has 0 radical (unpaired) electrons. The fourth-order valence-electron chi connectivity index (χ4n) is 2.84. The summed E-state index contributed by atoms with van der Waals surface area (Å²) in [5.41, 5.74) is 1.22. The number of aryl methyl sites for hydroxylation is 1. The summed E-state index contributed by atoms with van der Waals surface area (Å²) in [6.07, 6.45) is 0. The largest absolute Gasteiger partial charge is 0.505 e. The zero-order valence-corrected chi connectivity index (χ0v) is 17.6. The molecule has 0 bridgehead atoms. The molecule has 0 saturated carbocycles. The van der Waals surface area contributed by atoms with E-state index in [-0.39, 0.29) is 21.7 Å². The molecular formula is C22H20N2O6S. The maximum absolute atomic E-state index is 12.7. The molecule has 0 unspecified atom stereocenters. The summed E-state index contributed by atoms with van der Waals surface area (Å²) in [4.78, 5) is 24.2. The Balaban J connectivity index is 1.85. The molecule has 0 spiro atoms. The van der Waals surface area contributed by atoms with Crippen molar-refractivity contribution in [2.24, 2.45) is 0 Å². The number of hydrogen-bond acceptors (Lipinski definition) is 6. The molecule has 0 atom stereocenters. The first kappa shape index (κ1) is 21.8. The highest BCUT2D eigenvalue weighted by molar-refractivity contribution is 7.92. The number of amides is 1. The summed E-state index contributed by atoms with van der Waals surface area (Å²) < 4.78 is 32.5. The third-order valence-corrected chi connectivity index (χ3v) is 5.75. The number of anilines is 2. The van der Waals surface area contributed by atoms with Gasteiger partial charge in [0.1, 0.15) is 5.56 Å². The fraction of sp³-hybridized carbons (Fsp3) is 0.0909. The molecule has 0 aliphatic carbocycles. The van der Waals surface area contributed by atoms with Crippen LogP contribution in [0.5, 0.6) is 5.75 Å². The number of sulfonamides is 1. The second-order valence-electron chi connectivity index (χ2n) is 6.65. The minimum atomic E-state index is -3.93. The van der Waals surface area contributed by atoms with Crippen LogP contribution in [0.1, 0.15) is 26.3 Å². The number of hydrogen-bond donors (Lipinski definition) is 3. The smallest absolute Gasteiger partial charge is 0.341 e. The third-order valence-electron chi connectivity index (χ3n) is 4.37. The normalized spacial score (nSPS) is 10.9. The van der Waals surface area contributed by atoms with Gasteiger partial charge in [0.15, 0.2) is 5.75 Å². The molecule has 0 aliphatic heterocycles. The maximum atomic E-state index is 12.7. The SMILES string of the molecule is COC(=O)c1cccc(NC(=O)c2cccc(S(=O)(=O)Nc3cccc(C)c3)c2)c1O. The highest BCUT2D eigenvalue weighted by atomic mass is 32.2. The van der Waals surface area contributed by atoms with E-state index in [4.69, 9.17) is 0 Å². The van der Waals surface area contributed by atoms with Gasteiger partial charge in [-0.15, -0.1) is 0 Å². The van der Waals surface area contributed by atoms with Gasteiger partial charge in [-0.05, 0) is 55.0 Å². The molecule has 1 amide bonds. The number of ether oxygens (including phenoxy) is 1. The fourth-order valence-corrected chi connectivity index (χ4v) is 3.94. The number of nitrogens with one attached hydrogen (secondary N) is 2. The Hall–Kier alpha value is -3.85. The van der Waals surface area contributed by atoms with Gasteiger partial charge in [0.2, 0.25) is 0 Å². The van der Waals surface area contributed by atoms with Gasteiger partial charge in [-0.25, -0.2) is 13.2 Å². The lowest BCUT2D eigenvalue weighted by Crippen LogP contribution is -2.16. The predicted molar refractivity (Wildman–Crippen MR) is 116 cm³/mol. The standard InChI is InChI=1S/C22H20N2O6S/c1-14-6-3-8-16(12-14)24-31(28,29)17-9-4-7-15(13-17)21(26)23-19-11-5-10-18(20(19)25)22(27)30-2/h3-13,24-25H,1-2H3,(H,23,26). The van der Waals surface area contributed by atoms with Crippen LogP contribution < -0.4 is 10.0 Å². The molecular weight excluding hydrogens is 420 g/mol. The number of benzene rings is 3. The zero-order valence-electron chi connectivity index (χ0n) is 16.7. The van der Waals surface area contributed by atoms with Crippen molar-refractivity contribution < 1.29 is 27.9 Å². The van der Waals surface area contributed by atoms with Crippen molar-refractivity contribution in [1.29, 1.82) is 0 Å². The summed E-state index contributed by atoms with van der Waals surface area (Å²) in [5.74, 6) is -1.87. The molecule has 160 valence electrons. The first-order valence-corrected chi connectivity index (χ1v) is 10.6. The molecule has 3 rings (SSSR count). The molecule has 0 fully saturated rings. The molecule has 3 aromatic rings. The molecule has 0 heterocycles. The molecule has 9 heteroatoms. The van der Waals surface area contributed by atoms with E-state index in [1.807, 2.05) is 13.0 Å². The highest BCUT2D eigenvalue weighted by Crippen LogP contribution is 2.28. The highest BCUT2D eigenvalue weighted by Gasteiger charge is 2.19. The predicted octanol–water partition coefficient (Wildman–Crippen LogP) is 3.54. The number of para-hydroxylation sites is 1. The number of methoxy groups -OCH3 is 1. The van der Waals surface area contributed by atoms with Crippen LogP contribution in [0.15, 0.2) is 71.6 Å². The number of rotatable bonds is 6. The molecule has 31 heavy (non-hydrogen) atoms. The van der Waals surface area contributed by atoms with Gasteiger partial charge in [-0.3, -0.25) is 9.52 Å². The van der Waals surface area contributed by atoms with Crippen molar-refractivity contribution in [3.63, 3.8) is 0 Å². The number of aromatic hydroxyl groups is 1. The third kappa shape index (κ3) is 5.01. The molecule has 8 nitrogen and oxygen atoms in total. The molecule has 0 aliphatic rings. The van der Waals surface area contributed by atoms with Crippen LogP contribution in [-0.2, 0) is 14.8 Å². The molecule has 3 aromatic carbocycles. The maximum Gasteiger partial charge on any atom is 0.341 e. The van der Waals surface area contributed by atoms with Gasteiger partial charge in [-0.1, -0.05) is 24.3 Å². The van der Waals surface area contributed by atoms with Crippen LogP contribution in [-0.4, -0.2) is 32.5 Å². The second kappa shape index (κ2) is 8.88. The topological polar surface area (TPSA) is 122 Å². The lowest BCUT2D eigenvalue weighted by atomic mass is 10.1. The number of carbonyl (C=O) groups is 2. The van der Waals surface area contributed by atoms with E-state index in [2.05, 4.69) is 14.8 Å². The van der Waals surface area contributed by atoms with E-state index >= 15 is 0 Å². The lowest BCUT2D eigenvalue weighted by molar-refractivity contribution is 0.0597. The summed E-state index contributed by atoms with van der Waals surface area (Å²) in [6, 6.07) is 16.5. The van der Waals surface area contributed by atoms with Gasteiger partial charge in [0.25, 0.3) is 15.9 Å². The van der Waals surface area contributed by atoms with Crippen molar-refractivity contribution >= 4 is 33.3 Å². The first-order chi connectivity index (χ1) is 14.7. The van der Waals surface area contributed by atoms with E-state index in [9.17, 15) is 23.1 Å². The van der Waals surface area contributed by atoms with Crippen molar-refractivity contribution in [2.75, 3.05) is 17.1 Å². The Morgan fingerprint density at radius 1 is 0.968 bits per heavy atom. The van der Waals surface area contributed by atoms with Crippen LogP contribution in [0.25, 0.3) is 0 Å². The number of phenols is 1. The Kier molecular flexibility index (Phi) is 6.26. The number of carbonyl (C=O) groups excluding carboxylic acids is 2. The molecule has 0 saturated heterocycles. The summed E-state index contributed by atoms with van der Waals surface area (Å²) in [6.45, 7) is 1.84. The van der Waals surface area contributed by atoms with Crippen LogP contribution in [0.3, 0.4) is 0 Å². The first-order valence-electron chi connectivity index (χ1n) is 9.12. The number of esters is 1. The van der Waals surface area contributed by atoms with Crippen molar-refractivity contribution in [3.8, 4) is 5.75 Å². The molecule has 0 aromatic heterocycles. The van der Waals surface area contributed by atoms with E-state index in [1.165, 1.54) is 49.6 Å². The van der Waals surface area contributed by atoms with Gasteiger partial charge in [0.05, 0.1) is 17.7 Å². The van der Waals surface area contributed by atoms with Gasteiger partial charge in [0, 0.05) is 11.3 Å². The van der Waals surface area contributed by atoms with Crippen LogP contribution in [0.2, 0.25) is 0 Å². The Morgan fingerprint density at radius 2 is 1.68 bits per heavy atom. The summed E-state index contributed by atoms with van der Waals surface area (Å²) in [5, 5.41) is 12.7. The summed E-state index contributed by atoms with van der Waals surface area (Å²) in [7, 11) is -2.76. The Morgan fingerprint density at radius 3 is 2.39 bits per heavy atom. The average Bonchev–Trinajstić information content (AvgIpc) is 2.74. The lowest BCUT2D eigenvalue weighted by Gasteiger charge is -2.12. The summed E-state index contributed by atoms with van der Waals surface area (Å²) >= 11 is 0. The van der Waals surface area contributed by atoms with Crippen molar-refractivity contribution in [3.05, 3.63) is 83.4 Å². The van der Waals surface area contributed by atoms with E-state index in [0.717, 1.165) is 5.56 Å². The van der Waals surface area contributed by atoms with E-state index in [0.29, 0.717) is 5.69 Å². The quantitative estimate of drug-likeness (QED) is 0.398. The van der Waals surface area contributed by atoms with Crippen molar-refractivity contribution in [1.82, 2.24) is 0 Å². The number of phenolic OH excluding ortho intramolecular Hbond substituents is 1. The second-order valence-corrected chi connectivity index (χ2v) is 8.33. The Bertz CT molecular complexity index is 1250.